The van der Waals surface area contributed by atoms with Gasteiger partial charge in [-0.3, -0.25) is 10.1 Å². The van der Waals surface area contributed by atoms with Crippen LogP contribution < -0.4 is 16.8 Å². The van der Waals surface area contributed by atoms with Crippen LogP contribution in [0.1, 0.15) is 5.56 Å². The molecule has 168 valence electrons. The van der Waals surface area contributed by atoms with Crippen LogP contribution >= 0.6 is 23.2 Å². The second-order valence-electron chi connectivity index (χ2n) is 6.93. The highest BCUT2D eigenvalue weighted by Crippen LogP contribution is 2.31. The number of aromatic amines is 1. The Labute approximate surface area is 197 Å². The molecule has 0 aliphatic heterocycles. The van der Waals surface area contributed by atoms with Crippen LogP contribution in [0.3, 0.4) is 0 Å². The Balaban J connectivity index is 1.53. The van der Waals surface area contributed by atoms with Crippen molar-refractivity contribution in [3.63, 3.8) is 0 Å². The number of nitro groups is 1. The molecule has 0 atom stereocenters. The van der Waals surface area contributed by atoms with Crippen LogP contribution in [0.4, 0.5) is 23.1 Å². The molecule has 13 heteroatoms. The number of nitrogens with one attached hydrogen (secondary N) is 2. The monoisotopic (exact) mass is 485 g/mol. The Morgan fingerprint density at radius 2 is 1.91 bits per heavy atom. The molecule has 0 saturated carbocycles. The van der Waals surface area contributed by atoms with Crippen LogP contribution in [0.2, 0.25) is 10.0 Å². The molecule has 3 heterocycles. The zero-order valence-electron chi connectivity index (χ0n) is 16.9. The molecule has 0 aliphatic carbocycles. The van der Waals surface area contributed by atoms with Gasteiger partial charge in [0.1, 0.15) is 23.4 Å². The summed E-state index contributed by atoms with van der Waals surface area (Å²) in [5, 5.41) is 15.0. The van der Waals surface area contributed by atoms with Gasteiger partial charge in [0.05, 0.1) is 21.8 Å². The lowest BCUT2D eigenvalue weighted by Gasteiger charge is -2.09. The number of imidazole rings is 1. The van der Waals surface area contributed by atoms with Crippen molar-refractivity contribution in [2.24, 2.45) is 0 Å². The van der Waals surface area contributed by atoms with Gasteiger partial charge in [0, 0.05) is 35.0 Å². The molecule has 33 heavy (non-hydrogen) atoms. The number of benzene rings is 1. The molecule has 11 nitrogen and oxygen atoms in total. The van der Waals surface area contributed by atoms with E-state index in [1.165, 1.54) is 6.07 Å². The highest BCUT2D eigenvalue weighted by atomic mass is 35.5. The lowest BCUT2D eigenvalue weighted by molar-refractivity contribution is -0.384. The Morgan fingerprint density at radius 3 is 2.64 bits per heavy atom. The Morgan fingerprint density at radius 1 is 1.09 bits per heavy atom. The van der Waals surface area contributed by atoms with Crippen molar-refractivity contribution < 1.29 is 4.92 Å². The number of anilines is 3. The van der Waals surface area contributed by atoms with Gasteiger partial charge in [-0.25, -0.2) is 19.9 Å². The number of pyridine rings is 1. The van der Waals surface area contributed by atoms with Crippen molar-refractivity contribution in [1.29, 1.82) is 0 Å². The van der Waals surface area contributed by atoms with E-state index in [0.717, 1.165) is 17.3 Å². The molecule has 0 radical (unpaired) electrons. The minimum atomic E-state index is -0.584. The Hall–Kier alpha value is -3.96. The summed E-state index contributed by atoms with van der Waals surface area (Å²) in [5.41, 5.74) is 14.0. The van der Waals surface area contributed by atoms with E-state index in [2.05, 4.69) is 30.2 Å². The van der Waals surface area contributed by atoms with Crippen molar-refractivity contribution in [2.75, 3.05) is 23.3 Å². The molecule has 0 spiro atoms. The fraction of sp³-hybridized carbons (Fsp3) is 0.100. The average Bonchev–Trinajstić information content (AvgIpc) is 3.24. The normalized spacial score (nSPS) is 10.8. The van der Waals surface area contributed by atoms with Crippen molar-refractivity contribution in [3.05, 3.63) is 68.6 Å². The number of hydrogen-bond acceptors (Lipinski definition) is 9. The molecule has 0 bridgehead atoms. The summed E-state index contributed by atoms with van der Waals surface area (Å²) >= 11 is 12.3. The smallest absolute Gasteiger partial charge is 0.310 e. The number of rotatable bonds is 7. The summed E-state index contributed by atoms with van der Waals surface area (Å²) in [6, 6.07) is 6.59. The van der Waals surface area contributed by atoms with Gasteiger partial charge in [0.25, 0.3) is 0 Å². The number of nitrogens with zero attached hydrogens (tertiary/aromatic N) is 5. The molecule has 0 unspecified atom stereocenters. The van der Waals surface area contributed by atoms with Crippen LogP contribution in [0.25, 0.3) is 22.8 Å². The van der Waals surface area contributed by atoms with Gasteiger partial charge in [0.15, 0.2) is 5.82 Å². The van der Waals surface area contributed by atoms with Gasteiger partial charge in [-0.15, -0.1) is 0 Å². The van der Waals surface area contributed by atoms with Crippen LogP contribution in [-0.4, -0.2) is 36.4 Å². The maximum absolute atomic E-state index is 10.9. The van der Waals surface area contributed by atoms with E-state index >= 15 is 0 Å². The zero-order valence-corrected chi connectivity index (χ0v) is 18.4. The van der Waals surface area contributed by atoms with Crippen LogP contribution in [-0.2, 0) is 6.42 Å². The first-order valence-corrected chi connectivity index (χ1v) is 10.3. The van der Waals surface area contributed by atoms with E-state index in [-0.39, 0.29) is 17.3 Å². The van der Waals surface area contributed by atoms with Gasteiger partial charge in [-0.1, -0.05) is 23.2 Å². The average molecular weight is 486 g/mol. The number of hydrogen-bond donors (Lipinski definition) is 4. The number of aromatic nitrogens is 5. The molecule has 1 aromatic carbocycles. The Bertz CT molecular complexity index is 1340. The number of nitrogen functional groups attached to an aromatic ring is 2. The van der Waals surface area contributed by atoms with Crippen LogP contribution in [0, 0.1) is 10.1 Å². The predicted molar refractivity (Wildman–Crippen MR) is 127 cm³/mol. The van der Waals surface area contributed by atoms with Crippen LogP contribution in [0.15, 0.2) is 42.9 Å². The molecule has 6 N–H and O–H groups in total. The van der Waals surface area contributed by atoms with Gasteiger partial charge in [-0.2, -0.15) is 0 Å². The zero-order chi connectivity index (χ0) is 23.5. The third-order valence-electron chi connectivity index (χ3n) is 4.72. The largest absolute Gasteiger partial charge is 0.393 e. The minimum absolute atomic E-state index is 0.0259. The quantitative estimate of drug-likeness (QED) is 0.223. The van der Waals surface area contributed by atoms with Crippen molar-refractivity contribution in [3.8, 4) is 22.8 Å². The molecule has 0 aliphatic rings. The highest BCUT2D eigenvalue weighted by Gasteiger charge is 2.15. The molecular formula is C20H17Cl2N9O2. The molecule has 0 fully saturated rings. The summed E-state index contributed by atoms with van der Waals surface area (Å²) in [6.07, 6.45) is 4.87. The van der Waals surface area contributed by atoms with E-state index in [1.54, 1.807) is 30.6 Å². The summed E-state index contributed by atoms with van der Waals surface area (Å²) in [7, 11) is 0. The maximum atomic E-state index is 10.9. The topological polar surface area (TPSA) is 175 Å². The second kappa shape index (κ2) is 9.27. The summed E-state index contributed by atoms with van der Waals surface area (Å²) in [6.45, 7) is 0.432. The van der Waals surface area contributed by atoms with Gasteiger partial charge in [-0.05, 0) is 24.6 Å². The number of nitrogens with two attached hydrogens (primary N) is 2. The molecule has 4 rings (SSSR count). The number of halogens is 2. The third kappa shape index (κ3) is 4.94. The fourth-order valence-electron chi connectivity index (χ4n) is 3.13. The summed E-state index contributed by atoms with van der Waals surface area (Å²) in [5.74, 6) is 1.01. The third-order valence-corrected chi connectivity index (χ3v) is 5.26. The van der Waals surface area contributed by atoms with Gasteiger partial charge < -0.3 is 21.8 Å². The standard InChI is InChI=1S/C20H17Cl2N9O2/c21-11-1-2-12(13(22)5-11)15-8-27-19(29-15)18-10(7-28-20(24)30-18)3-4-25-17-6-14(23)16(9-26-17)31(32)33/h1-2,5-9H,3-4H2,(H,27,29)(H3,23,25,26)(H2,24,28,30). The van der Waals surface area contributed by atoms with Gasteiger partial charge in [0.2, 0.25) is 5.95 Å². The van der Waals surface area contributed by atoms with E-state index in [9.17, 15) is 10.1 Å². The van der Waals surface area contributed by atoms with Crippen molar-refractivity contribution in [2.45, 2.75) is 6.42 Å². The summed E-state index contributed by atoms with van der Waals surface area (Å²) in [4.78, 5) is 30.4. The van der Waals surface area contributed by atoms with E-state index < -0.39 is 4.92 Å². The van der Waals surface area contributed by atoms with E-state index in [0.29, 0.717) is 46.0 Å². The number of H-pyrrole nitrogens is 1. The summed E-state index contributed by atoms with van der Waals surface area (Å²) < 4.78 is 0. The molecule has 0 saturated heterocycles. The first-order valence-electron chi connectivity index (χ1n) is 9.58. The van der Waals surface area contributed by atoms with Crippen molar-refractivity contribution in [1.82, 2.24) is 24.9 Å². The SMILES string of the molecule is Nc1ncc(CCNc2cc(N)c([N+](=O)[O-])cn2)c(-c2ncc(-c3ccc(Cl)cc3Cl)[nH]2)n1. The molecular weight excluding hydrogens is 469 g/mol. The second-order valence-corrected chi connectivity index (χ2v) is 7.78. The van der Waals surface area contributed by atoms with Crippen molar-refractivity contribution >= 4 is 46.3 Å². The predicted octanol–water partition coefficient (Wildman–Crippen LogP) is 3.96. The van der Waals surface area contributed by atoms with E-state index in [1.807, 2.05) is 0 Å². The van der Waals surface area contributed by atoms with Gasteiger partial charge >= 0.3 is 5.69 Å². The first-order chi connectivity index (χ1) is 15.8. The molecule has 4 aromatic rings. The minimum Gasteiger partial charge on any atom is -0.393 e. The maximum Gasteiger partial charge on any atom is 0.310 e. The first kappa shape index (κ1) is 22.2. The van der Waals surface area contributed by atoms with E-state index in [4.69, 9.17) is 34.7 Å². The molecule has 3 aromatic heterocycles. The molecule has 0 amide bonds. The lowest BCUT2D eigenvalue weighted by Crippen LogP contribution is -2.10. The van der Waals surface area contributed by atoms with Crippen LogP contribution in [0.5, 0.6) is 0 Å². The fourth-order valence-corrected chi connectivity index (χ4v) is 3.64. The Kier molecular flexibility index (Phi) is 6.24. The highest BCUT2D eigenvalue weighted by molar-refractivity contribution is 6.36. The lowest BCUT2D eigenvalue weighted by atomic mass is 10.1.